The van der Waals surface area contributed by atoms with Gasteiger partial charge in [-0.2, -0.15) is 24.7 Å². The molecule has 0 aliphatic heterocycles. The van der Waals surface area contributed by atoms with Crippen LogP contribution in [0, 0.1) is 0 Å². The minimum absolute atomic E-state index is 0.499. The second kappa shape index (κ2) is 5.63. The molecule has 1 heterocycles. The molecule has 18 heavy (non-hydrogen) atoms. The smallest absolute Gasteiger partial charge is 0.501 e. The Hall–Kier alpha value is -1.19. The van der Waals surface area contributed by atoms with Crippen molar-refractivity contribution in [1.29, 1.82) is 0 Å². The van der Waals surface area contributed by atoms with E-state index >= 15 is 0 Å². The predicted molar refractivity (Wildman–Crippen MR) is 49.9 cm³/mol. The summed E-state index contributed by atoms with van der Waals surface area (Å²) in [7, 11) is -10.4. The fourth-order valence-electron chi connectivity index (χ4n) is 0.659. The molecule has 0 aliphatic carbocycles. The number of nitrogens with zero attached hydrogens (tertiary/aromatic N) is 2. The Bertz CT molecular complexity index is 623. The van der Waals surface area contributed by atoms with Crippen molar-refractivity contribution in [3.8, 4) is 0 Å². The highest BCUT2D eigenvalue weighted by molar-refractivity contribution is 7.99. The Labute approximate surface area is 104 Å². The van der Waals surface area contributed by atoms with Crippen LogP contribution in [0.15, 0.2) is 24.8 Å². The number of hydrogen-bond acceptors (Lipinski definition) is 10. The zero-order valence-corrected chi connectivity index (χ0v) is 10.6. The molecule has 1 unspecified atom stereocenters. The Morgan fingerprint density at radius 3 is 2.39 bits per heavy atom. The van der Waals surface area contributed by atoms with Crippen LogP contribution in [0.4, 0.5) is 0 Å². The third-order valence-electron chi connectivity index (χ3n) is 1.07. The molecule has 0 radical (unpaired) electrons. The van der Waals surface area contributed by atoms with Crippen molar-refractivity contribution in [2.75, 3.05) is 0 Å². The van der Waals surface area contributed by atoms with Gasteiger partial charge in [0.2, 0.25) is 0 Å². The molecule has 0 aliphatic rings. The van der Waals surface area contributed by atoms with Crippen LogP contribution in [0.25, 0.3) is 0 Å². The molecule has 0 spiro atoms. The van der Waals surface area contributed by atoms with E-state index in [9.17, 15) is 25.6 Å². The van der Waals surface area contributed by atoms with Crippen LogP contribution in [0.3, 0.4) is 0 Å². The minimum atomic E-state index is -5.32. The fourth-order valence-corrected chi connectivity index (χ4v) is 2.71. The molecule has 0 saturated carbocycles. The molecule has 1 aromatic heterocycles. The second-order valence-electron chi connectivity index (χ2n) is 2.35. The average molecular weight is 320 g/mol. The van der Waals surface area contributed by atoms with Crippen LogP contribution in [-0.2, 0) is 39.4 Å². The van der Waals surface area contributed by atoms with Crippen molar-refractivity contribution in [3.05, 3.63) is 24.8 Å². The van der Waals surface area contributed by atoms with Gasteiger partial charge in [-0.25, -0.2) is 4.21 Å². The van der Waals surface area contributed by atoms with E-state index < -0.39 is 32.2 Å². The number of aromatic nitrogens is 2. The summed E-state index contributed by atoms with van der Waals surface area (Å²) >= 11 is -3.52. The Morgan fingerprint density at radius 1 is 1.22 bits per heavy atom. The topological polar surface area (TPSA) is 153 Å². The van der Waals surface area contributed by atoms with Gasteiger partial charge in [0.05, 0.1) is 0 Å². The first-order valence-corrected chi connectivity index (χ1v) is 7.38. The molecule has 0 fully saturated rings. The van der Waals surface area contributed by atoms with Crippen LogP contribution in [0.2, 0.25) is 0 Å². The largest absolute Gasteiger partial charge is 0.749 e. The van der Waals surface area contributed by atoms with Crippen LogP contribution in [0.5, 0.6) is 0 Å². The third-order valence-corrected chi connectivity index (χ3v) is 3.87. The quantitative estimate of drug-likeness (QED) is 0.394. The molecule has 0 amide bonds. The number of rotatable bonds is 6. The van der Waals surface area contributed by atoms with Crippen molar-refractivity contribution in [1.82, 2.24) is 4.98 Å². The van der Waals surface area contributed by atoms with E-state index in [1.807, 2.05) is 0 Å². The number of hydrogen-bond donors (Lipinski definition) is 0. The van der Waals surface area contributed by atoms with Crippen molar-refractivity contribution < 1.29 is 41.9 Å². The SMILES string of the molecule is O=S([O-])OS(=O)(=O)OS(=O)(=O)O[n+]1cccnc1. The van der Waals surface area contributed by atoms with Gasteiger partial charge < -0.3 is 4.55 Å². The summed E-state index contributed by atoms with van der Waals surface area (Å²) in [5.74, 6) is 0. The summed E-state index contributed by atoms with van der Waals surface area (Å²) in [6.07, 6.45) is 3.22. The molecule has 11 nitrogen and oxygen atoms in total. The van der Waals surface area contributed by atoms with Gasteiger partial charge in [-0.05, 0) is 4.73 Å². The maximum atomic E-state index is 11.0. The minimum Gasteiger partial charge on any atom is -0.749 e. The van der Waals surface area contributed by atoms with Gasteiger partial charge in [0.1, 0.15) is 23.8 Å². The van der Waals surface area contributed by atoms with E-state index in [0.29, 0.717) is 4.73 Å². The molecule has 1 rings (SSSR count). The van der Waals surface area contributed by atoms with Crippen LogP contribution >= 0.6 is 0 Å². The lowest BCUT2D eigenvalue weighted by Gasteiger charge is -2.05. The lowest BCUT2D eigenvalue weighted by Crippen LogP contribution is -2.46. The maximum Gasteiger partial charge on any atom is 0.501 e. The highest BCUT2D eigenvalue weighted by atomic mass is 32.3. The lowest BCUT2D eigenvalue weighted by molar-refractivity contribution is -0.859. The standard InChI is InChI=1S/C4H4N2O9S3/c7-16(8)14-18(11,12)15-17(9,10)13-6-3-1-2-5-4-6/h1-4H. The second-order valence-corrected chi connectivity index (χ2v) is 5.63. The summed E-state index contributed by atoms with van der Waals surface area (Å²) in [5, 5.41) is 0. The van der Waals surface area contributed by atoms with E-state index in [2.05, 4.69) is 16.5 Å². The lowest BCUT2D eigenvalue weighted by atomic mass is 10.7. The summed E-state index contributed by atoms with van der Waals surface area (Å²) < 4.78 is 74.5. The van der Waals surface area contributed by atoms with Gasteiger partial charge in [0.25, 0.3) is 0 Å². The first-order chi connectivity index (χ1) is 8.20. The summed E-state index contributed by atoms with van der Waals surface area (Å²) in [6.45, 7) is 0. The normalized spacial score (nSPS) is 14.1. The molecular formula is C4H4N2O9S3. The summed E-state index contributed by atoms with van der Waals surface area (Å²) in [6, 6.07) is 1.27. The van der Waals surface area contributed by atoms with Crippen molar-refractivity contribution in [2.45, 2.75) is 0 Å². The highest BCUT2D eigenvalue weighted by Gasteiger charge is 2.29. The Kier molecular flexibility index (Phi) is 4.65. The summed E-state index contributed by atoms with van der Waals surface area (Å²) in [5.41, 5.74) is 0. The molecule has 102 valence electrons. The van der Waals surface area contributed by atoms with Crippen molar-refractivity contribution >= 4 is 32.2 Å². The molecule has 0 bridgehead atoms. The third kappa shape index (κ3) is 5.43. The average Bonchev–Trinajstić information content (AvgIpc) is 2.13. The zero-order chi connectivity index (χ0) is 13.8. The van der Waals surface area contributed by atoms with Crippen molar-refractivity contribution in [3.63, 3.8) is 0 Å². The van der Waals surface area contributed by atoms with Gasteiger partial charge in [-0.1, -0.05) is 8.61 Å². The van der Waals surface area contributed by atoms with Gasteiger partial charge >= 0.3 is 27.1 Å². The summed E-state index contributed by atoms with van der Waals surface area (Å²) in [4.78, 5) is 3.45. The van der Waals surface area contributed by atoms with E-state index in [-0.39, 0.29) is 0 Å². The molecule has 1 atom stereocenters. The molecule has 1 aromatic rings. The van der Waals surface area contributed by atoms with Gasteiger partial charge in [0.15, 0.2) is 0 Å². The maximum absolute atomic E-state index is 11.0. The Balaban J connectivity index is 2.81. The fraction of sp³-hybridized carbons (Fsp3) is 0. The van der Waals surface area contributed by atoms with Crippen molar-refractivity contribution in [2.24, 2.45) is 0 Å². The first kappa shape index (κ1) is 14.9. The Morgan fingerprint density at radius 2 is 1.89 bits per heavy atom. The van der Waals surface area contributed by atoms with Gasteiger partial charge in [-0.15, -0.1) is 0 Å². The molecule has 0 aromatic carbocycles. The van der Waals surface area contributed by atoms with E-state index in [0.717, 1.165) is 12.5 Å². The van der Waals surface area contributed by atoms with Crippen LogP contribution in [0.1, 0.15) is 0 Å². The highest BCUT2D eigenvalue weighted by Crippen LogP contribution is 2.02. The molecule has 0 N–H and O–H groups in total. The van der Waals surface area contributed by atoms with E-state index in [4.69, 9.17) is 0 Å². The van der Waals surface area contributed by atoms with Crippen LogP contribution < -0.4 is 9.01 Å². The predicted octanol–water partition coefficient (Wildman–Crippen LogP) is -2.89. The van der Waals surface area contributed by atoms with Crippen LogP contribution in [-0.4, -0.2) is 30.6 Å². The molecule has 14 heteroatoms. The van der Waals surface area contributed by atoms with E-state index in [1.54, 1.807) is 0 Å². The van der Waals surface area contributed by atoms with E-state index in [1.165, 1.54) is 12.3 Å². The molecular weight excluding hydrogens is 316 g/mol. The van der Waals surface area contributed by atoms with Gasteiger partial charge in [-0.3, -0.25) is 0 Å². The van der Waals surface area contributed by atoms with Gasteiger partial charge in [0, 0.05) is 6.07 Å². The monoisotopic (exact) mass is 320 g/mol. The first-order valence-electron chi connectivity index (χ1n) is 3.72. The molecule has 0 saturated heterocycles. The zero-order valence-electron chi connectivity index (χ0n) is 8.10.